The third kappa shape index (κ3) is 5.89. The van der Waals surface area contributed by atoms with Gasteiger partial charge in [-0.05, 0) is 36.3 Å². The van der Waals surface area contributed by atoms with E-state index in [1.165, 1.54) is 6.08 Å². The van der Waals surface area contributed by atoms with Crippen LogP contribution in [0.4, 0.5) is 0 Å². The highest BCUT2D eigenvalue weighted by Crippen LogP contribution is 2.11. The Labute approximate surface area is 146 Å². The lowest BCUT2D eigenvalue weighted by atomic mass is 10.1. The summed E-state index contributed by atoms with van der Waals surface area (Å²) in [5.41, 5.74) is 1.80. The Balaban J connectivity index is 1.76. The van der Waals surface area contributed by atoms with E-state index in [1.807, 2.05) is 37.3 Å². The lowest BCUT2D eigenvalue weighted by molar-refractivity contribution is -0.144. The van der Waals surface area contributed by atoms with E-state index in [-0.39, 0.29) is 18.6 Å². The Bertz CT molecular complexity index is 711. The lowest BCUT2D eigenvalue weighted by Gasteiger charge is -2.13. The highest BCUT2D eigenvalue weighted by molar-refractivity contribution is 6.30. The Morgan fingerprint density at radius 1 is 1.12 bits per heavy atom. The molecule has 1 unspecified atom stereocenters. The van der Waals surface area contributed by atoms with Crippen molar-refractivity contribution in [3.63, 3.8) is 0 Å². The van der Waals surface area contributed by atoms with E-state index in [0.717, 1.165) is 11.1 Å². The molecule has 0 aromatic heterocycles. The normalized spacial score (nSPS) is 11.9. The Morgan fingerprint density at radius 3 is 2.46 bits per heavy atom. The van der Waals surface area contributed by atoms with E-state index < -0.39 is 5.97 Å². The standard InChI is InChI=1S/C19H18ClNO3/c1-14(16-5-3-2-4-6-16)21-18(22)13-24-19(23)12-9-15-7-10-17(20)11-8-15/h2-12,14H,13H2,1H3,(H,21,22)/b12-9+. The molecule has 1 atom stereocenters. The van der Waals surface area contributed by atoms with Crippen molar-refractivity contribution >= 4 is 29.6 Å². The number of hydrogen-bond acceptors (Lipinski definition) is 3. The average Bonchev–Trinajstić information content (AvgIpc) is 2.60. The number of ether oxygens (including phenoxy) is 1. The molecule has 0 aliphatic heterocycles. The molecule has 0 saturated carbocycles. The molecule has 0 bridgehead atoms. The summed E-state index contributed by atoms with van der Waals surface area (Å²) in [6.07, 6.45) is 2.88. The first-order valence-corrected chi connectivity index (χ1v) is 7.87. The molecule has 124 valence electrons. The summed E-state index contributed by atoms with van der Waals surface area (Å²) < 4.78 is 4.92. The highest BCUT2D eigenvalue weighted by atomic mass is 35.5. The van der Waals surface area contributed by atoms with Crippen LogP contribution < -0.4 is 5.32 Å². The second kappa shape index (κ2) is 8.89. The largest absolute Gasteiger partial charge is 0.452 e. The first kappa shape index (κ1) is 17.8. The number of carbonyl (C=O) groups is 2. The molecule has 5 heteroatoms. The fourth-order valence-corrected chi connectivity index (χ4v) is 2.16. The van der Waals surface area contributed by atoms with Gasteiger partial charge in [-0.2, -0.15) is 0 Å². The minimum absolute atomic E-state index is 0.151. The maximum Gasteiger partial charge on any atom is 0.331 e. The van der Waals surface area contributed by atoms with Crippen molar-refractivity contribution in [3.8, 4) is 0 Å². The van der Waals surface area contributed by atoms with Gasteiger partial charge in [0.1, 0.15) is 0 Å². The van der Waals surface area contributed by atoms with Crippen molar-refractivity contribution in [2.24, 2.45) is 0 Å². The lowest BCUT2D eigenvalue weighted by Crippen LogP contribution is -2.30. The predicted molar refractivity (Wildman–Crippen MR) is 94.4 cm³/mol. The molecular weight excluding hydrogens is 326 g/mol. The van der Waals surface area contributed by atoms with Crippen molar-refractivity contribution in [1.82, 2.24) is 5.32 Å². The number of rotatable bonds is 6. The second-order valence-corrected chi connectivity index (χ2v) is 5.63. The molecular formula is C19H18ClNO3. The number of esters is 1. The summed E-state index contributed by atoms with van der Waals surface area (Å²) in [4.78, 5) is 23.4. The van der Waals surface area contributed by atoms with Crippen molar-refractivity contribution in [2.75, 3.05) is 6.61 Å². The summed E-state index contributed by atoms with van der Waals surface area (Å²) in [7, 11) is 0. The predicted octanol–water partition coefficient (Wildman–Crippen LogP) is 3.77. The second-order valence-electron chi connectivity index (χ2n) is 5.19. The first-order chi connectivity index (χ1) is 11.5. The maximum absolute atomic E-state index is 11.8. The van der Waals surface area contributed by atoms with Crippen LogP contribution >= 0.6 is 11.6 Å². The molecule has 2 rings (SSSR count). The topological polar surface area (TPSA) is 55.4 Å². The first-order valence-electron chi connectivity index (χ1n) is 7.49. The van der Waals surface area contributed by atoms with Gasteiger partial charge in [0.25, 0.3) is 5.91 Å². The van der Waals surface area contributed by atoms with Gasteiger partial charge in [-0.3, -0.25) is 4.79 Å². The zero-order valence-electron chi connectivity index (χ0n) is 13.2. The SMILES string of the molecule is CC(NC(=O)COC(=O)/C=C/c1ccc(Cl)cc1)c1ccccc1. The van der Waals surface area contributed by atoms with Crippen LogP contribution in [0.3, 0.4) is 0 Å². The summed E-state index contributed by atoms with van der Waals surface area (Å²) in [5.74, 6) is -0.924. The van der Waals surface area contributed by atoms with Gasteiger partial charge in [-0.15, -0.1) is 0 Å². The number of nitrogens with one attached hydrogen (secondary N) is 1. The van der Waals surface area contributed by atoms with Crippen LogP contribution in [0.5, 0.6) is 0 Å². The van der Waals surface area contributed by atoms with E-state index >= 15 is 0 Å². The molecule has 0 fully saturated rings. The fourth-order valence-electron chi connectivity index (χ4n) is 2.03. The number of carbonyl (C=O) groups excluding carboxylic acids is 2. The Kier molecular flexibility index (Phi) is 6.58. The van der Waals surface area contributed by atoms with E-state index in [4.69, 9.17) is 16.3 Å². The smallest absolute Gasteiger partial charge is 0.331 e. The number of benzene rings is 2. The quantitative estimate of drug-likeness (QED) is 0.641. The molecule has 0 aliphatic carbocycles. The summed E-state index contributed by atoms with van der Waals surface area (Å²) in [5, 5.41) is 3.40. The molecule has 4 nitrogen and oxygen atoms in total. The maximum atomic E-state index is 11.8. The summed E-state index contributed by atoms with van der Waals surface area (Å²) in [6, 6.07) is 16.4. The molecule has 0 spiro atoms. The molecule has 1 N–H and O–H groups in total. The molecule has 0 saturated heterocycles. The summed E-state index contributed by atoms with van der Waals surface area (Å²) >= 11 is 5.78. The third-order valence-corrected chi connectivity index (χ3v) is 3.56. The Hall–Kier alpha value is -2.59. The Morgan fingerprint density at radius 2 is 1.79 bits per heavy atom. The van der Waals surface area contributed by atoms with Crippen molar-refractivity contribution < 1.29 is 14.3 Å². The van der Waals surface area contributed by atoms with Crippen LogP contribution in [-0.2, 0) is 14.3 Å². The molecule has 0 heterocycles. The van der Waals surface area contributed by atoms with Gasteiger partial charge in [-0.25, -0.2) is 4.79 Å². The zero-order chi connectivity index (χ0) is 17.4. The van der Waals surface area contributed by atoms with Gasteiger partial charge >= 0.3 is 5.97 Å². The van der Waals surface area contributed by atoms with E-state index in [0.29, 0.717) is 5.02 Å². The van der Waals surface area contributed by atoms with Crippen molar-refractivity contribution in [2.45, 2.75) is 13.0 Å². The number of hydrogen-bond donors (Lipinski definition) is 1. The molecule has 0 radical (unpaired) electrons. The van der Waals surface area contributed by atoms with Crippen molar-refractivity contribution in [1.29, 1.82) is 0 Å². The van der Waals surface area contributed by atoms with Gasteiger partial charge < -0.3 is 10.1 Å². The van der Waals surface area contributed by atoms with E-state index in [9.17, 15) is 9.59 Å². The zero-order valence-corrected chi connectivity index (χ0v) is 14.0. The summed E-state index contributed by atoms with van der Waals surface area (Å²) in [6.45, 7) is 1.55. The molecule has 24 heavy (non-hydrogen) atoms. The van der Waals surface area contributed by atoms with Crippen LogP contribution in [0.1, 0.15) is 24.1 Å². The van der Waals surface area contributed by atoms with Gasteiger partial charge in [-0.1, -0.05) is 54.1 Å². The molecule has 2 aromatic rings. The monoisotopic (exact) mass is 343 g/mol. The highest BCUT2D eigenvalue weighted by Gasteiger charge is 2.10. The third-order valence-electron chi connectivity index (χ3n) is 3.30. The van der Waals surface area contributed by atoms with Gasteiger partial charge in [0.05, 0.1) is 6.04 Å². The van der Waals surface area contributed by atoms with Gasteiger partial charge in [0.2, 0.25) is 0 Å². The van der Waals surface area contributed by atoms with Gasteiger partial charge in [0, 0.05) is 11.1 Å². The number of amides is 1. The minimum atomic E-state index is -0.576. The number of halogens is 1. The molecule has 0 aliphatic rings. The van der Waals surface area contributed by atoms with E-state index in [2.05, 4.69) is 5.32 Å². The van der Waals surface area contributed by atoms with Crippen LogP contribution in [0.15, 0.2) is 60.7 Å². The van der Waals surface area contributed by atoms with Crippen molar-refractivity contribution in [3.05, 3.63) is 76.8 Å². The van der Waals surface area contributed by atoms with Crippen LogP contribution in [0, 0.1) is 0 Å². The molecule has 2 aromatic carbocycles. The van der Waals surface area contributed by atoms with Crippen LogP contribution in [0.25, 0.3) is 6.08 Å². The van der Waals surface area contributed by atoms with Crippen LogP contribution in [0.2, 0.25) is 5.02 Å². The molecule has 1 amide bonds. The fraction of sp³-hybridized carbons (Fsp3) is 0.158. The minimum Gasteiger partial charge on any atom is -0.452 e. The van der Waals surface area contributed by atoms with Gasteiger partial charge in [0.15, 0.2) is 6.61 Å². The van der Waals surface area contributed by atoms with Crippen LogP contribution in [-0.4, -0.2) is 18.5 Å². The van der Waals surface area contributed by atoms with E-state index in [1.54, 1.807) is 30.3 Å². The average molecular weight is 344 g/mol.